The highest BCUT2D eigenvalue weighted by Gasteiger charge is 2.13. The fraction of sp³-hybridized carbons (Fsp3) is 0.571. The van der Waals surface area contributed by atoms with Crippen molar-refractivity contribution < 1.29 is 8.42 Å². The zero-order valence-electron chi connectivity index (χ0n) is 6.74. The normalized spacial score (nSPS) is 12.9. The molecule has 0 saturated heterocycles. The molecule has 0 rings (SSSR count). The van der Waals surface area contributed by atoms with Gasteiger partial charge in [0.25, 0.3) is 0 Å². The number of terminal acetylenes is 1. The molecule has 0 spiro atoms. The van der Waals surface area contributed by atoms with Crippen LogP contribution in [0.2, 0.25) is 0 Å². The maximum absolute atomic E-state index is 10.9. The van der Waals surface area contributed by atoms with Gasteiger partial charge in [-0.2, -0.15) is 9.98 Å². The molecule has 0 bridgehead atoms. The van der Waals surface area contributed by atoms with E-state index in [0.29, 0.717) is 6.42 Å². The van der Waals surface area contributed by atoms with Crippen LogP contribution in [0.5, 0.6) is 0 Å². The maximum atomic E-state index is 10.9. The van der Waals surface area contributed by atoms with Gasteiger partial charge in [0.05, 0.1) is 12.1 Å². The van der Waals surface area contributed by atoms with E-state index in [9.17, 15) is 8.42 Å². The lowest BCUT2D eigenvalue weighted by Crippen LogP contribution is -2.34. The Bertz CT molecular complexity index is 307. The third-order valence-corrected chi connectivity index (χ3v) is 2.34. The van der Waals surface area contributed by atoms with E-state index in [1.54, 1.807) is 13.0 Å². The smallest absolute Gasteiger partial charge is 0.211 e. The van der Waals surface area contributed by atoms with E-state index in [4.69, 9.17) is 11.7 Å². The molecule has 1 atom stereocenters. The molecular formula is C7H10N2O2S. The molecule has 0 aliphatic carbocycles. The van der Waals surface area contributed by atoms with Gasteiger partial charge < -0.3 is 0 Å². The van der Waals surface area contributed by atoms with Crippen molar-refractivity contribution >= 4 is 10.0 Å². The van der Waals surface area contributed by atoms with Crippen LogP contribution in [-0.2, 0) is 10.0 Å². The van der Waals surface area contributed by atoms with Gasteiger partial charge in [0.2, 0.25) is 10.0 Å². The van der Waals surface area contributed by atoms with E-state index in [1.807, 2.05) is 0 Å². The van der Waals surface area contributed by atoms with E-state index in [0.717, 1.165) is 0 Å². The third kappa shape index (κ3) is 3.97. The topological polar surface area (TPSA) is 70.0 Å². The summed E-state index contributed by atoms with van der Waals surface area (Å²) in [6.07, 6.45) is 5.54. The van der Waals surface area contributed by atoms with Crippen LogP contribution < -0.4 is 4.72 Å². The molecule has 0 fully saturated rings. The van der Waals surface area contributed by atoms with E-state index < -0.39 is 21.8 Å². The minimum absolute atomic E-state index is 0.511. The standard InChI is InChI=1S/C7H10N2O2S/c1-3-7(4-2)9-12(10,11)6-5-8/h1,7,9H,4,6H2,2H3. The summed E-state index contributed by atoms with van der Waals surface area (Å²) in [4.78, 5) is 0. The SMILES string of the molecule is C#CC(CC)NS(=O)(=O)CC#N. The van der Waals surface area contributed by atoms with E-state index in [2.05, 4.69) is 10.6 Å². The number of rotatable bonds is 4. The molecule has 1 unspecified atom stereocenters. The van der Waals surface area contributed by atoms with Crippen LogP contribution in [0.3, 0.4) is 0 Å². The van der Waals surface area contributed by atoms with Gasteiger partial charge in [-0.15, -0.1) is 6.42 Å². The molecule has 0 radical (unpaired) electrons. The Morgan fingerprint density at radius 2 is 2.25 bits per heavy atom. The molecule has 1 N–H and O–H groups in total. The molecule has 0 amide bonds. The molecule has 4 nitrogen and oxygen atoms in total. The number of nitrogens with zero attached hydrogens (tertiary/aromatic N) is 1. The molecule has 0 heterocycles. The van der Waals surface area contributed by atoms with Gasteiger partial charge in [0.1, 0.15) is 0 Å². The Balaban J connectivity index is 4.28. The molecule has 0 saturated carbocycles. The van der Waals surface area contributed by atoms with Gasteiger partial charge in [-0.25, -0.2) is 8.42 Å². The van der Waals surface area contributed by atoms with Crippen molar-refractivity contribution in [3.63, 3.8) is 0 Å². The first-order chi connectivity index (χ1) is 5.55. The zero-order valence-corrected chi connectivity index (χ0v) is 7.56. The van der Waals surface area contributed by atoms with Crippen LogP contribution in [0.25, 0.3) is 0 Å². The van der Waals surface area contributed by atoms with Crippen LogP contribution >= 0.6 is 0 Å². The number of sulfonamides is 1. The lowest BCUT2D eigenvalue weighted by atomic mass is 10.3. The van der Waals surface area contributed by atoms with Gasteiger partial charge in [-0.1, -0.05) is 12.8 Å². The lowest BCUT2D eigenvalue weighted by molar-refractivity contribution is 0.574. The molecule has 0 aromatic carbocycles. The molecule has 0 aliphatic rings. The summed E-state index contributed by atoms with van der Waals surface area (Å²) < 4.78 is 24.1. The van der Waals surface area contributed by atoms with Crippen molar-refractivity contribution in [2.45, 2.75) is 19.4 Å². The van der Waals surface area contributed by atoms with Crippen LogP contribution in [-0.4, -0.2) is 20.2 Å². The molecule has 5 heteroatoms. The first kappa shape index (κ1) is 11.0. The van der Waals surface area contributed by atoms with Crippen molar-refractivity contribution in [1.82, 2.24) is 4.72 Å². The summed E-state index contributed by atoms with van der Waals surface area (Å²) in [5.41, 5.74) is 0. The predicted octanol–water partition coefficient (Wildman–Crippen LogP) is -0.159. The third-order valence-electron chi connectivity index (χ3n) is 1.19. The van der Waals surface area contributed by atoms with E-state index in [-0.39, 0.29) is 0 Å². The highest BCUT2D eigenvalue weighted by atomic mass is 32.2. The molecule has 0 aromatic heterocycles. The summed E-state index contributed by atoms with van der Waals surface area (Å²) in [6, 6.07) is 1.03. The van der Waals surface area contributed by atoms with Crippen molar-refractivity contribution in [3.05, 3.63) is 0 Å². The second-order valence-electron chi connectivity index (χ2n) is 2.16. The minimum Gasteiger partial charge on any atom is -0.211 e. The Labute approximate surface area is 72.6 Å². The number of nitriles is 1. The summed E-state index contributed by atoms with van der Waals surface area (Å²) in [6.45, 7) is 1.76. The highest BCUT2D eigenvalue weighted by molar-refractivity contribution is 7.89. The monoisotopic (exact) mass is 186 g/mol. The fourth-order valence-corrected chi connectivity index (χ4v) is 1.50. The van der Waals surface area contributed by atoms with E-state index >= 15 is 0 Å². The van der Waals surface area contributed by atoms with Crippen LogP contribution in [0.1, 0.15) is 13.3 Å². The average molecular weight is 186 g/mol. The minimum atomic E-state index is -3.51. The van der Waals surface area contributed by atoms with Gasteiger partial charge in [-0.3, -0.25) is 0 Å². The summed E-state index contributed by atoms with van der Waals surface area (Å²) in [5.74, 6) is 1.72. The van der Waals surface area contributed by atoms with E-state index in [1.165, 1.54) is 0 Å². The number of hydrogen-bond acceptors (Lipinski definition) is 3. The first-order valence-corrected chi connectivity index (χ1v) is 5.04. The van der Waals surface area contributed by atoms with Crippen molar-refractivity contribution in [3.8, 4) is 18.4 Å². The summed E-state index contributed by atoms with van der Waals surface area (Å²) >= 11 is 0. The average Bonchev–Trinajstić information content (AvgIpc) is 2.00. The van der Waals surface area contributed by atoms with Crippen LogP contribution in [0.4, 0.5) is 0 Å². The molecule has 12 heavy (non-hydrogen) atoms. The second kappa shape index (κ2) is 4.76. The van der Waals surface area contributed by atoms with Crippen molar-refractivity contribution in [2.24, 2.45) is 0 Å². The van der Waals surface area contributed by atoms with Crippen molar-refractivity contribution in [1.29, 1.82) is 5.26 Å². The predicted molar refractivity (Wildman–Crippen MR) is 45.4 cm³/mol. The lowest BCUT2D eigenvalue weighted by Gasteiger charge is -2.08. The largest absolute Gasteiger partial charge is 0.226 e. The Morgan fingerprint density at radius 3 is 2.58 bits per heavy atom. The maximum Gasteiger partial charge on any atom is 0.226 e. The first-order valence-electron chi connectivity index (χ1n) is 3.38. The Kier molecular flexibility index (Phi) is 4.35. The molecule has 66 valence electrons. The number of nitrogens with one attached hydrogen (secondary N) is 1. The van der Waals surface area contributed by atoms with Gasteiger partial charge in [0, 0.05) is 0 Å². The van der Waals surface area contributed by atoms with Gasteiger partial charge in [0.15, 0.2) is 5.75 Å². The summed E-state index contributed by atoms with van der Waals surface area (Å²) in [5, 5.41) is 8.14. The molecule has 0 aromatic rings. The zero-order chi connectivity index (χ0) is 9.61. The van der Waals surface area contributed by atoms with Gasteiger partial charge >= 0.3 is 0 Å². The quantitative estimate of drug-likeness (QED) is 0.620. The Hall–Kier alpha value is -1.04. The Morgan fingerprint density at radius 1 is 1.67 bits per heavy atom. The van der Waals surface area contributed by atoms with Crippen LogP contribution in [0, 0.1) is 23.7 Å². The molecule has 0 aliphatic heterocycles. The van der Waals surface area contributed by atoms with Crippen LogP contribution in [0.15, 0.2) is 0 Å². The second-order valence-corrected chi connectivity index (χ2v) is 3.92. The highest BCUT2D eigenvalue weighted by Crippen LogP contribution is 1.92. The number of hydrogen-bond donors (Lipinski definition) is 1. The molecular weight excluding hydrogens is 176 g/mol. The fourth-order valence-electron chi connectivity index (χ4n) is 0.579. The summed E-state index contributed by atoms with van der Waals surface area (Å²) in [7, 11) is -3.51. The van der Waals surface area contributed by atoms with Crippen molar-refractivity contribution in [2.75, 3.05) is 5.75 Å². The van der Waals surface area contributed by atoms with Gasteiger partial charge in [-0.05, 0) is 6.42 Å².